The van der Waals surface area contributed by atoms with Gasteiger partial charge in [0.15, 0.2) is 0 Å². The number of halogens is 2. The van der Waals surface area contributed by atoms with Crippen LogP contribution in [0, 0.1) is 35.4 Å². The maximum Gasteiger partial charge on any atom is 0.228 e. The SMILES string of the molecule is O=C(Nc1ccc(Br)c(F)c1)C1C2CC3CC(C2)CC1C3. The zero-order valence-corrected chi connectivity index (χ0v) is 13.4. The van der Waals surface area contributed by atoms with Crippen LogP contribution in [-0.4, -0.2) is 5.91 Å². The van der Waals surface area contributed by atoms with Crippen molar-refractivity contribution in [2.24, 2.45) is 29.6 Å². The number of hydrogen-bond donors (Lipinski definition) is 1. The molecular formula is C17H19BrFNO. The second-order valence-corrected chi connectivity index (χ2v) is 7.93. The van der Waals surface area contributed by atoms with Gasteiger partial charge in [-0.05, 0) is 89.9 Å². The zero-order valence-electron chi connectivity index (χ0n) is 11.8. The third kappa shape index (κ3) is 2.41. The van der Waals surface area contributed by atoms with Crippen molar-refractivity contribution in [2.45, 2.75) is 32.1 Å². The molecule has 0 spiro atoms. The highest BCUT2D eigenvalue weighted by molar-refractivity contribution is 9.10. The molecule has 1 aromatic carbocycles. The average molecular weight is 352 g/mol. The van der Waals surface area contributed by atoms with Gasteiger partial charge in [0.05, 0.1) is 4.47 Å². The molecule has 4 aliphatic rings. The number of amides is 1. The van der Waals surface area contributed by atoms with Crippen LogP contribution in [0.15, 0.2) is 22.7 Å². The van der Waals surface area contributed by atoms with E-state index in [9.17, 15) is 9.18 Å². The molecule has 0 unspecified atom stereocenters. The summed E-state index contributed by atoms with van der Waals surface area (Å²) >= 11 is 3.14. The Labute approximate surface area is 132 Å². The fourth-order valence-corrected chi connectivity index (χ4v) is 5.40. The molecule has 4 saturated carbocycles. The van der Waals surface area contributed by atoms with E-state index in [0.29, 0.717) is 22.0 Å². The molecule has 0 aliphatic heterocycles. The summed E-state index contributed by atoms with van der Waals surface area (Å²) in [6.45, 7) is 0. The van der Waals surface area contributed by atoms with Crippen molar-refractivity contribution in [2.75, 3.05) is 5.32 Å². The normalized spacial score (nSPS) is 36.8. The van der Waals surface area contributed by atoms with E-state index in [1.165, 1.54) is 38.2 Å². The summed E-state index contributed by atoms with van der Waals surface area (Å²) in [6.07, 6.45) is 6.28. The first-order valence-electron chi connectivity index (χ1n) is 7.86. The molecule has 0 saturated heterocycles. The van der Waals surface area contributed by atoms with Gasteiger partial charge >= 0.3 is 0 Å². The molecule has 0 atom stereocenters. The highest BCUT2D eigenvalue weighted by Gasteiger charge is 2.50. The van der Waals surface area contributed by atoms with Crippen molar-refractivity contribution >= 4 is 27.5 Å². The van der Waals surface area contributed by atoms with Gasteiger partial charge in [-0.1, -0.05) is 0 Å². The van der Waals surface area contributed by atoms with Crippen LogP contribution in [0.1, 0.15) is 32.1 Å². The predicted molar refractivity (Wildman–Crippen MR) is 83.3 cm³/mol. The largest absolute Gasteiger partial charge is 0.326 e. The summed E-state index contributed by atoms with van der Waals surface area (Å²) in [7, 11) is 0. The summed E-state index contributed by atoms with van der Waals surface area (Å²) in [5, 5.41) is 2.94. The molecule has 112 valence electrons. The lowest BCUT2D eigenvalue weighted by Crippen LogP contribution is -2.49. The molecule has 4 heteroatoms. The Kier molecular flexibility index (Phi) is 3.32. The standard InChI is InChI=1S/C17H19BrFNO/c18-14-2-1-13(8-15(14)19)20-17(21)16-11-4-9-3-10(6-11)7-12(16)5-9/h1-2,8-12,16H,3-7H2,(H,20,21). The van der Waals surface area contributed by atoms with E-state index in [-0.39, 0.29) is 17.6 Å². The van der Waals surface area contributed by atoms with Gasteiger partial charge in [-0.15, -0.1) is 0 Å². The van der Waals surface area contributed by atoms with Gasteiger partial charge in [-0.25, -0.2) is 4.39 Å². The molecule has 0 aromatic heterocycles. The Morgan fingerprint density at radius 1 is 1.10 bits per heavy atom. The smallest absolute Gasteiger partial charge is 0.228 e. The Bertz CT molecular complexity index is 560. The molecule has 4 bridgehead atoms. The number of anilines is 1. The molecule has 5 rings (SSSR count). The van der Waals surface area contributed by atoms with Gasteiger partial charge in [0.1, 0.15) is 5.82 Å². The Balaban J connectivity index is 1.51. The van der Waals surface area contributed by atoms with Gasteiger partial charge in [-0.3, -0.25) is 4.79 Å². The number of carbonyl (C=O) groups excluding carboxylic acids is 1. The lowest BCUT2D eigenvalue weighted by Gasteiger charge is -2.53. The van der Waals surface area contributed by atoms with Crippen LogP contribution >= 0.6 is 15.9 Å². The maximum atomic E-state index is 13.6. The van der Waals surface area contributed by atoms with Gasteiger partial charge in [0.25, 0.3) is 0 Å². The van der Waals surface area contributed by atoms with Crippen molar-refractivity contribution in [3.05, 3.63) is 28.5 Å². The number of hydrogen-bond acceptors (Lipinski definition) is 1. The second-order valence-electron chi connectivity index (χ2n) is 7.07. The monoisotopic (exact) mass is 351 g/mol. The van der Waals surface area contributed by atoms with Crippen LogP contribution in [0.5, 0.6) is 0 Å². The van der Waals surface area contributed by atoms with Crippen molar-refractivity contribution in [3.63, 3.8) is 0 Å². The fraction of sp³-hybridized carbons (Fsp3) is 0.588. The second kappa shape index (κ2) is 5.08. The number of carbonyl (C=O) groups is 1. The molecule has 2 nitrogen and oxygen atoms in total. The summed E-state index contributed by atoms with van der Waals surface area (Å²) in [6, 6.07) is 4.78. The van der Waals surface area contributed by atoms with Crippen LogP contribution in [0.3, 0.4) is 0 Å². The van der Waals surface area contributed by atoms with Gasteiger partial charge < -0.3 is 5.32 Å². The minimum absolute atomic E-state index is 0.102. The van der Waals surface area contributed by atoms with Crippen molar-refractivity contribution in [1.29, 1.82) is 0 Å². The lowest BCUT2D eigenvalue weighted by atomic mass is 9.51. The first-order valence-corrected chi connectivity index (χ1v) is 8.65. The molecule has 4 fully saturated rings. The van der Waals surface area contributed by atoms with E-state index < -0.39 is 0 Å². The highest BCUT2D eigenvalue weighted by atomic mass is 79.9. The first kappa shape index (κ1) is 13.7. The molecule has 1 amide bonds. The third-order valence-corrected chi connectivity index (χ3v) is 6.36. The topological polar surface area (TPSA) is 29.1 Å². The molecule has 1 aromatic rings. The lowest BCUT2D eigenvalue weighted by molar-refractivity contribution is -0.132. The minimum atomic E-state index is -0.335. The molecule has 0 radical (unpaired) electrons. The van der Waals surface area contributed by atoms with Crippen molar-refractivity contribution in [3.8, 4) is 0 Å². The molecule has 4 aliphatic carbocycles. The van der Waals surface area contributed by atoms with Crippen LogP contribution in [0.4, 0.5) is 10.1 Å². The number of benzene rings is 1. The third-order valence-electron chi connectivity index (χ3n) is 5.72. The molecule has 21 heavy (non-hydrogen) atoms. The molecular weight excluding hydrogens is 333 g/mol. The van der Waals surface area contributed by atoms with Crippen LogP contribution in [0.25, 0.3) is 0 Å². The van der Waals surface area contributed by atoms with Crippen LogP contribution in [-0.2, 0) is 4.79 Å². The summed E-state index contributed by atoms with van der Waals surface area (Å²) in [5.41, 5.74) is 0.564. The van der Waals surface area contributed by atoms with Crippen molar-refractivity contribution < 1.29 is 9.18 Å². The van der Waals surface area contributed by atoms with E-state index in [1.54, 1.807) is 12.1 Å². The zero-order chi connectivity index (χ0) is 14.6. The fourth-order valence-electron chi connectivity index (χ4n) is 5.15. The summed E-state index contributed by atoms with van der Waals surface area (Å²) in [5.74, 6) is 2.75. The molecule has 1 N–H and O–H groups in total. The van der Waals surface area contributed by atoms with E-state index in [2.05, 4.69) is 21.2 Å². The van der Waals surface area contributed by atoms with Crippen LogP contribution < -0.4 is 5.32 Å². The highest BCUT2D eigenvalue weighted by Crippen LogP contribution is 2.56. The first-order chi connectivity index (χ1) is 10.1. The predicted octanol–water partition coefficient (Wildman–Crippen LogP) is 4.60. The number of rotatable bonds is 2. The maximum absolute atomic E-state index is 13.6. The van der Waals surface area contributed by atoms with Gasteiger partial charge in [-0.2, -0.15) is 0 Å². The van der Waals surface area contributed by atoms with Crippen LogP contribution in [0.2, 0.25) is 0 Å². The van der Waals surface area contributed by atoms with E-state index >= 15 is 0 Å². The quantitative estimate of drug-likeness (QED) is 0.828. The average Bonchev–Trinajstić information content (AvgIpc) is 2.41. The van der Waals surface area contributed by atoms with Gasteiger partial charge in [0.2, 0.25) is 5.91 Å². The summed E-state index contributed by atoms with van der Waals surface area (Å²) in [4.78, 5) is 12.7. The van der Waals surface area contributed by atoms with Crippen molar-refractivity contribution in [1.82, 2.24) is 0 Å². The Morgan fingerprint density at radius 3 is 2.29 bits per heavy atom. The minimum Gasteiger partial charge on any atom is -0.326 e. The Hall–Kier alpha value is -0.900. The van der Waals surface area contributed by atoms with E-state index in [0.717, 1.165) is 11.8 Å². The van der Waals surface area contributed by atoms with Gasteiger partial charge in [0, 0.05) is 11.6 Å². The van der Waals surface area contributed by atoms with E-state index in [1.807, 2.05) is 0 Å². The van der Waals surface area contributed by atoms with E-state index in [4.69, 9.17) is 0 Å². The molecule has 0 heterocycles. The number of nitrogens with one attached hydrogen (secondary N) is 1. The Morgan fingerprint density at radius 2 is 1.71 bits per heavy atom. The summed E-state index contributed by atoms with van der Waals surface area (Å²) < 4.78 is 14.0.